The van der Waals surface area contributed by atoms with Gasteiger partial charge in [0.1, 0.15) is 6.73 Å². The maximum absolute atomic E-state index is 5.88. The van der Waals surface area contributed by atoms with Crippen molar-refractivity contribution in [1.29, 1.82) is 0 Å². The zero-order chi connectivity index (χ0) is 14.9. The fourth-order valence-electron chi connectivity index (χ4n) is 2.87. The average Bonchev–Trinajstić information content (AvgIpc) is 2.95. The molecule has 2 aromatic rings. The lowest BCUT2D eigenvalue weighted by Crippen LogP contribution is -2.52. The molecule has 0 spiro atoms. The zero-order valence-corrected chi connectivity index (χ0v) is 12.7. The van der Waals surface area contributed by atoms with Gasteiger partial charge in [0.05, 0.1) is 0 Å². The maximum Gasteiger partial charge on any atom is 0.210 e. The first-order chi connectivity index (χ1) is 10.0. The van der Waals surface area contributed by atoms with Gasteiger partial charge in [0.15, 0.2) is 0 Å². The van der Waals surface area contributed by atoms with Gasteiger partial charge in [-0.3, -0.25) is 0 Å². The number of benzene rings is 2. The highest BCUT2D eigenvalue weighted by Crippen LogP contribution is 2.44. The molecule has 110 valence electrons. The van der Waals surface area contributed by atoms with Crippen molar-refractivity contribution >= 4 is 0 Å². The van der Waals surface area contributed by atoms with Crippen molar-refractivity contribution in [3.8, 4) is 0 Å². The Kier molecular flexibility index (Phi) is 3.57. The molecule has 1 saturated heterocycles. The molecule has 1 fully saturated rings. The number of hydrogen-bond donors (Lipinski definition) is 0. The van der Waals surface area contributed by atoms with Crippen molar-refractivity contribution in [3.05, 3.63) is 71.8 Å². The summed E-state index contributed by atoms with van der Waals surface area (Å²) < 4.78 is 0. The molecule has 1 aliphatic heterocycles. The standard InChI is InChI=1S/C18H21NO2/c1-17(2,3)19-14-20-21-18(19,15-10-6-4-7-11-15)16-12-8-5-9-13-16/h4-13H,14H2,1-3H3. The lowest BCUT2D eigenvalue weighted by atomic mass is 9.89. The summed E-state index contributed by atoms with van der Waals surface area (Å²) in [6.07, 6.45) is 0. The molecule has 3 rings (SSSR count). The van der Waals surface area contributed by atoms with E-state index in [9.17, 15) is 0 Å². The predicted octanol–water partition coefficient (Wildman–Crippen LogP) is 3.91. The molecule has 21 heavy (non-hydrogen) atoms. The molecule has 1 heterocycles. The van der Waals surface area contributed by atoms with Crippen molar-refractivity contribution in [1.82, 2.24) is 4.90 Å². The van der Waals surface area contributed by atoms with Gasteiger partial charge in [-0.05, 0) is 20.8 Å². The van der Waals surface area contributed by atoms with Crippen LogP contribution in [0.5, 0.6) is 0 Å². The van der Waals surface area contributed by atoms with Crippen LogP contribution in [0.3, 0.4) is 0 Å². The molecule has 3 heteroatoms. The fraction of sp³-hybridized carbons (Fsp3) is 0.333. The lowest BCUT2D eigenvalue weighted by molar-refractivity contribution is -0.308. The normalized spacial score (nSPS) is 18.8. The van der Waals surface area contributed by atoms with Crippen LogP contribution in [-0.4, -0.2) is 17.2 Å². The molecule has 3 nitrogen and oxygen atoms in total. The first-order valence-corrected chi connectivity index (χ1v) is 7.24. The van der Waals surface area contributed by atoms with E-state index in [1.165, 1.54) is 0 Å². The second-order valence-corrected chi connectivity index (χ2v) is 6.31. The first-order valence-electron chi connectivity index (χ1n) is 7.24. The minimum Gasteiger partial charge on any atom is -0.234 e. The third-order valence-corrected chi connectivity index (χ3v) is 3.88. The van der Waals surface area contributed by atoms with Gasteiger partial charge >= 0.3 is 0 Å². The highest BCUT2D eigenvalue weighted by atomic mass is 17.2. The SMILES string of the molecule is CC(C)(C)N1COOC1(c1ccccc1)c1ccccc1. The molecule has 1 aliphatic rings. The Morgan fingerprint density at radius 1 is 0.857 bits per heavy atom. The van der Waals surface area contributed by atoms with Crippen molar-refractivity contribution in [2.45, 2.75) is 32.0 Å². The molecule has 0 atom stereocenters. The lowest BCUT2D eigenvalue weighted by Gasteiger charge is -2.42. The van der Waals surface area contributed by atoms with Gasteiger partial charge in [-0.15, -0.1) is 0 Å². The minimum atomic E-state index is -0.708. The molecule has 0 aromatic heterocycles. The summed E-state index contributed by atoms with van der Waals surface area (Å²) in [5.74, 6) is 0. The van der Waals surface area contributed by atoms with Gasteiger partial charge in [-0.1, -0.05) is 60.7 Å². The molecule has 0 N–H and O–H groups in total. The van der Waals surface area contributed by atoms with E-state index < -0.39 is 5.72 Å². The van der Waals surface area contributed by atoms with Crippen LogP contribution in [0, 0.1) is 0 Å². The first kappa shape index (κ1) is 14.3. The van der Waals surface area contributed by atoms with Gasteiger partial charge in [0, 0.05) is 16.7 Å². The Balaban J connectivity index is 2.21. The zero-order valence-electron chi connectivity index (χ0n) is 12.7. The molecule has 0 radical (unpaired) electrons. The summed E-state index contributed by atoms with van der Waals surface area (Å²) in [6, 6.07) is 20.5. The van der Waals surface area contributed by atoms with Gasteiger partial charge in [-0.25, -0.2) is 14.7 Å². The maximum atomic E-state index is 5.88. The van der Waals surface area contributed by atoms with E-state index >= 15 is 0 Å². The predicted molar refractivity (Wildman–Crippen MR) is 82.3 cm³/mol. The van der Waals surface area contributed by atoms with E-state index in [0.717, 1.165) is 11.1 Å². The molecular formula is C18H21NO2. The van der Waals surface area contributed by atoms with Crippen LogP contribution in [0.15, 0.2) is 60.7 Å². The van der Waals surface area contributed by atoms with Crippen molar-refractivity contribution in [2.24, 2.45) is 0 Å². The third kappa shape index (κ3) is 2.38. The smallest absolute Gasteiger partial charge is 0.210 e. The van der Waals surface area contributed by atoms with Gasteiger partial charge < -0.3 is 0 Å². The summed E-state index contributed by atoms with van der Waals surface area (Å²) >= 11 is 0. The van der Waals surface area contributed by atoms with Crippen molar-refractivity contribution < 1.29 is 9.78 Å². The monoisotopic (exact) mass is 283 g/mol. The Hall–Kier alpha value is -1.68. The quantitative estimate of drug-likeness (QED) is 0.780. The van der Waals surface area contributed by atoms with Crippen LogP contribution in [0.1, 0.15) is 31.9 Å². The van der Waals surface area contributed by atoms with Crippen LogP contribution in [0.25, 0.3) is 0 Å². The Labute approximate surface area is 126 Å². The van der Waals surface area contributed by atoms with E-state index in [4.69, 9.17) is 9.78 Å². The van der Waals surface area contributed by atoms with Crippen LogP contribution < -0.4 is 0 Å². The summed E-state index contributed by atoms with van der Waals surface area (Å²) in [4.78, 5) is 13.6. The average molecular weight is 283 g/mol. The van der Waals surface area contributed by atoms with Gasteiger partial charge in [0.2, 0.25) is 5.72 Å². The molecule has 0 unspecified atom stereocenters. The van der Waals surface area contributed by atoms with Gasteiger partial charge in [-0.2, -0.15) is 0 Å². The van der Waals surface area contributed by atoms with Crippen LogP contribution in [0.2, 0.25) is 0 Å². The molecule has 0 saturated carbocycles. The Morgan fingerprint density at radius 3 is 1.76 bits per heavy atom. The van der Waals surface area contributed by atoms with E-state index in [-0.39, 0.29) is 5.54 Å². The molecular weight excluding hydrogens is 262 g/mol. The molecule has 0 amide bonds. The Bertz CT molecular complexity index is 550. The largest absolute Gasteiger partial charge is 0.234 e. The summed E-state index contributed by atoms with van der Waals surface area (Å²) in [6.45, 7) is 6.95. The topological polar surface area (TPSA) is 21.7 Å². The number of rotatable bonds is 2. The van der Waals surface area contributed by atoms with E-state index in [1.807, 2.05) is 36.4 Å². The van der Waals surface area contributed by atoms with Crippen LogP contribution in [0.4, 0.5) is 0 Å². The minimum absolute atomic E-state index is 0.0951. The van der Waals surface area contributed by atoms with Crippen LogP contribution >= 0.6 is 0 Å². The Morgan fingerprint density at radius 2 is 1.33 bits per heavy atom. The van der Waals surface area contributed by atoms with E-state index in [1.54, 1.807) is 0 Å². The molecule has 0 aliphatic carbocycles. The van der Waals surface area contributed by atoms with Crippen LogP contribution in [-0.2, 0) is 15.5 Å². The summed E-state index contributed by atoms with van der Waals surface area (Å²) in [7, 11) is 0. The van der Waals surface area contributed by atoms with Crippen molar-refractivity contribution in [3.63, 3.8) is 0 Å². The summed E-state index contributed by atoms with van der Waals surface area (Å²) in [5, 5.41) is 0. The third-order valence-electron chi connectivity index (χ3n) is 3.88. The highest BCUT2D eigenvalue weighted by Gasteiger charge is 2.51. The second kappa shape index (κ2) is 5.26. The summed E-state index contributed by atoms with van der Waals surface area (Å²) in [5.41, 5.74) is 1.34. The second-order valence-electron chi connectivity index (χ2n) is 6.31. The highest BCUT2D eigenvalue weighted by molar-refractivity contribution is 5.36. The van der Waals surface area contributed by atoms with E-state index in [0.29, 0.717) is 6.73 Å². The fourth-order valence-corrected chi connectivity index (χ4v) is 2.87. The molecule has 2 aromatic carbocycles. The molecule has 0 bridgehead atoms. The van der Waals surface area contributed by atoms with E-state index in [2.05, 4.69) is 49.9 Å². The number of nitrogens with zero attached hydrogens (tertiary/aromatic N) is 1. The van der Waals surface area contributed by atoms with Gasteiger partial charge in [0.25, 0.3) is 0 Å². The van der Waals surface area contributed by atoms with Crippen molar-refractivity contribution in [2.75, 3.05) is 6.73 Å². The number of hydrogen-bond acceptors (Lipinski definition) is 3.